The Labute approximate surface area is 106 Å². The first kappa shape index (κ1) is 11.4. The van der Waals surface area contributed by atoms with Crippen LogP contribution in [0.2, 0.25) is 0 Å². The van der Waals surface area contributed by atoms with Crippen LogP contribution in [-0.2, 0) is 7.05 Å². The Morgan fingerprint density at radius 1 is 1.44 bits per heavy atom. The van der Waals surface area contributed by atoms with Crippen LogP contribution in [-0.4, -0.2) is 16.3 Å². The molecule has 0 bridgehead atoms. The third kappa shape index (κ3) is 2.04. The van der Waals surface area contributed by atoms with Crippen LogP contribution in [0, 0.1) is 5.82 Å². The van der Waals surface area contributed by atoms with E-state index in [1.165, 1.54) is 12.5 Å². The van der Waals surface area contributed by atoms with Gasteiger partial charge in [-0.3, -0.25) is 4.68 Å². The van der Waals surface area contributed by atoms with Crippen LogP contribution in [0.4, 0.5) is 4.39 Å². The predicted molar refractivity (Wildman–Crippen MR) is 68.6 cm³/mol. The molecule has 1 aliphatic heterocycles. The molecule has 0 spiro atoms. The van der Waals surface area contributed by atoms with Gasteiger partial charge in [0.2, 0.25) is 0 Å². The van der Waals surface area contributed by atoms with Gasteiger partial charge in [0, 0.05) is 18.8 Å². The average molecular weight is 245 g/mol. The number of nitrogens with zero attached hydrogens (tertiary/aromatic N) is 2. The molecule has 0 radical (unpaired) electrons. The van der Waals surface area contributed by atoms with Gasteiger partial charge in [-0.1, -0.05) is 12.1 Å². The predicted octanol–water partition coefficient (Wildman–Crippen LogP) is 2.65. The molecule has 0 amide bonds. The molecule has 1 unspecified atom stereocenters. The van der Waals surface area contributed by atoms with Crippen molar-refractivity contribution in [3.63, 3.8) is 0 Å². The summed E-state index contributed by atoms with van der Waals surface area (Å²) in [6.45, 7) is 1.03. The first-order chi connectivity index (χ1) is 8.74. The molecular formula is C14H16FN3. The third-order valence-corrected chi connectivity index (χ3v) is 3.38. The number of rotatable bonds is 2. The molecule has 4 heteroatoms. The number of aromatic nitrogens is 2. The Balaban J connectivity index is 2.05. The van der Waals surface area contributed by atoms with E-state index >= 15 is 0 Å². The monoisotopic (exact) mass is 245 g/mol. The number of aryl methyl sites for hydroxylation is 1. The molecule has 1 aliphatic rings. The Hall–Kier alpha value is -1.68. The number of hydrogen-bond acceptors (Lipinski definition) is 2. The van der Waals surface area contributed by atoms with Gasteiger partial charge in [-0.15, -0.1) is 0 Å². The summed E-state index contributed by atoms with van der Waals surface area (Å²) in [5.41, 5.74) is 2.95. The Bertz CT molecular complexity index is 556. The summed E-state index contributed by atoms with van der Waals surface area (Å²) in [7, 11) is 1.90. The van der Waals surface area contributed by atoms with E-state index in [4.69, 9.17) is 0 Å². The van der Waals surface area contributed by atoms with E-state index in [9.17, 15) is 4.39 Å². The second-order valence-electron chi connectivity index (χ2n) is 4.76. The first-order valence-corrected chi connectivity index (χ1v) is 6.27. The highest BCUT2D eigenvalue weighted by Gasteiger charge is 2.23. The van der Waals surface area contributed by atoms with Crippen molar-refractivity contribution < 1.29 is 4.39 Å². The van der Waals surface area contributed by atoms with E-state index < -0.39 is 0 Å². The number of halogens is 1. The summed E-state index contributed by atoms with van der Waals surface area (Å²) in [6.07, 6.45) is 4.23. The SMILES string of the molecule is Cn1cc(-c2cccc(F)c2)c(C2CCCN2)n1. The topological polar surface area (TPSA) is 29.9 Å². The van der Waals surface area contributed by atoms with Crippen LogP contribution in [0.15, 0.2) is 30.5 Å². The van der Waals surface area contributed by atoms with Crippen LogP contribution < -0.4 is 5.32 Å². The molecule has 94 valence electrons. The largest absolute Gasteiger partial charge is 0.309 e. The smallest absolute Gasteiger partial charge is 0.123 e. The van der Waals surface area contributed by atoms with Crippen molar-refractivity contribution in [2.45, 2.75) is 18.9 Å². The Morgan fingerprint density at radius 2 is 2.33 bits per heavy atom. The highest BCUT2D eigenvalue weighted by Crippen LogP contribution is 2.31. The van der Waals surface area contributed by atoms with Gasteiger partial charge in [-0.05, 0) is 37.1 Å². The van der Waals surface area contributed by atoms with Gasteiger partial charge in [0.05, 0.1) is 11.7 Å². The molecule has 3 rings (SSSR count). The lowest BCUT2D eigenvalue weighted by Gasteiger charge is -2.09. The minimum Gasteiger partial charge on any atom is -0.309 e. The van der Waals surface area contributed by atoms with Crippen LogP contribution in [0.1, 0.15) is 24.6 Å². The maximum atomic E-state index is 13.3. The van der Waals surface area contributed by atoms with E-state index in [1.54, 1.807) is 16.8 Å². The summed E-state index contributed by atoms with van der Waals surface area (Å²) in [5.74, 6) is -0.207. The van der Waals surface area contributed by atoms with Crippen molar-refractivity contribution in [1.29, 1.82) is 0 Å². The van der Waals surface area contributed by atoms with Crippen LogP contribution in [0.5, 0.6) is 0 Å². The Morgan fingerprint density at radius 3 is 3.06 bits per heavy atom. The maximum absolute atomic E-state index is 13.3. The molecule has 1 atom stereocenters. The molecule has 1 aromatic carbocycles. The van der Waals surface area contributed by atoms with Gasteiger partial charge in [-0.25, -0.2) is 4.39 Å². The maximum Gasteiger partial charge on any atom is 0.123 e. The zero-order valence-corrected chi connectivity index (χ0v) is 10.4. The molecule has 3 nitrogen and oxygen atoms in total. The first-order valence-electron chi connectivity index (χ1n) is 6.27. The summed E-state index contributed by atoms with van der Waals surface area (Å²) >= 11 is 0. The Kier molecular flexibility index (Phi) is 2.88. The van der Waals surface area contributed by atoms with E-state index in [1.807, 2.05) is 19.3 Å². The van der Waals surface area contributed by atoms with Crippen LogP contribution in [0.25, 0.3) is 11.1 Å². The number of benzene rings is 1. The lowest BCUT2D eigenvalue weighted by atomic mass is 10.0. The summed E-state index contributed by atoms with van der Waals surface area (Å²) in [6, 6.07) is 7.00. The van der Waals surface area contributed by atoms with Crippen molar-refractivity contribution in [3.05, 3.63) is 42.0 Å². The lowest BCUT2D eigenvalue weighted by Crippen LogP contribution is -2.14. The zero-order valence-electron chi connectivity index (χ0n) is 10.4. The molecule has 1 fully saturated rings. The van der Waals surface area contributed by atoms with Crippen LogP contribution in [0.3, 0.4) is 0 Å². The van der Waals surface area contributed by atoms with Gasteiger partial charge in [-0.2, -0.15) is 5.10 Å². The minimum atomic E-state index is -0.207. The fourth-order valence-electron chi connectivity index (χ4n) is 2.56. The fourth-order valence-corrected chi connectivity index (χ4v) is 2.56. The van der Waals surface area contributed by atoms with E-state index in [0.29, 0.717) is 6.04 Å². The minimum absolute atomic E-state index is 0.207. The molecule has 2 heterocycles. The number of hydrogen-bond donors (Lipinski definition) is 1. The average Bonchev–Trinajstić information content (AvgIpc) is 2.97. The number of nitrogens with one attached hydrogen (secondary N) is 1. The quantitative estimate of drug-likeness (QED) is 0.881. The van der Waals surface area contributed by atoms with Gasteiger partial charge in [0.15, 0.2) is 0 Å². The normalized spacial score (nSPS) is 19.3. The summed E-state index contributed by atoms with van der Waals surface area (Å²) in [5, 5.41) is 7.97. The van der Waals surface area contributed by atoms with E-state index in [-0.39, 0.29) is 5.82 Å². The van der Waals surface area contributed by atoms with E-state index in [0.717, 1.165) is 29.8 Å². The molecular weight excluding hydrogens is 229 g/mol. The molecule has 18 heavy (non-hydrogen) atoms. The van der Waals surface area contributed by atoms with E-state index in [2.05, 4.69) is 10.4 Å². The molecule has 1 saturated heterocycles. The molecule has 0 aliphatic carbocycles. The molecule has 1 N–H and O–H groups in total. The third-order valence-electron chi connectivity index (χ3n) is 3.38. The zero-order chi connectivity index (χ0) is 12.5. The second kappa shape index (κ2) is 4.53. The van der Waals surface area contributed by atoms with Crippen molar-refractivity contribution in [3.8, 4) is 11.1 Å². The van der Waals surface area contributed by atoms with Gasteiger partial charge in [0.25, 0.3) is 0 Å². The van der Waals surface area contributed by atoms with Gasteiger partial charge < -0.3 is 5.32 Å². The fraction of sp³-hybridized carbons (Fsp3) is 0.357. The van der Waals surface area contributed by atoms with Crippen LogP contribution >= 0.6 is 0 Å². The summed E-state index contributed by atoms with van der Waals surface area (Å²) in [4.78, 5) is 0. The van der Waals surface area contributed by atoms with Crippen molar-refractivity contribution in [1.82, 2.24) is 15.1 Å². The molecule has 2 aromatic rings. The lowest BCUT2D eigenvalue weighted by molar-refractivity contribution is 0.607. The molecule has 1 aromatic heterocycles. The van der Waals surface area contributed by atoms with Crippen molar-refractivity contribution >= 4 is 0 Å². The van der Waals surface area contributed by atoms with Crippen molar-refractivity contribution in [2.75, 3.05) is 6.54 Å². The highest BCUT2D eigenvalue weighted by atomic mass is 19.1. The second-order valence-corrected chi connectivity index (χ2v) is 4.76. The van der Waals surface area contributed by atoms with Crippen molar-refractivity contribution in [2.24, 2.45) is 7.05 Å². The van der Waals surface area contributed by atoms with Gasteiger partial charge in [0.1, 0.15) is 5.82 Å². The standard InChI is InChI=1S/C14H16FN3/c1-18-9-12(10-4-2-5-11(15)8-10)14(17-18)13-6-3-7-16-13/h2,4-5,8-9,13,16H,3,6-7H2,1H3. The summed E-state index contributed by atoms with van der Waals surface area (Å²) < 4.78 is 15.1. The molecule has 0 saturated carbocycles. The van der Waals surface area contributed by atoms with Gasteiger partial charge >= 0.3 is 0 Å². The highest BCUT2D eigenvalue weighted by molar-refractivity contribution is 5.66.